The molecule has 1 saturated heterocycles. The van der Waals surface area contributed by atoms with E-state index in [1.165, 1.54) is 44.9 Å². The molecule has 1 atom stereocenters. The maximum Gasteiger partial charge on any atom is 0.323 e. The summed E-state index contributed by atoms with van der Waals surface area (Å²) in [5.41, 5.74) is 0. The highest BCUT2D eigenvalue weighted by atomic mass is 16.5. The largest absolute Gasteiger partial charge is 0.465 e. The van der Waals surface area contributed by atoms with Crippen LogP contribution in [0.5, 0.6) is 0 Å². The molecule has 1 unspecified atom stereocenters. The van der Waals surface area contributed by atoms with E-state index in [1.54, 1.807) is 0 Å². The van der Waals surface area contributed by atoms with Crippen molar-refractivity contribution in [1.82, 2.24) is 4.90 Å². The lowest BCUT2D eigenvalue weighted by atomic mass is 10.0. The lowest BCUT2D eigenvalue weighted by Crippen LogP contribution is -2.45. The summed E-state index contributed by atoms with van der Waals surface area (Å²) in [6.07, 6.45) is 11.2. The Hall–Kier alpha value is -0.570. The zero-order chi connectivity index (χ0) is 13.9. The molecular weight excluding hydrogens is 238 g/mol. The molecule has 1 aliphatic rings. The van der Waals surface area contributed by atoms with Gasteiger partial charge in [0.2, 0.25) is 0 Å². The third-order valence-electron chi connectivity index (χ3n) is 3.97. The van der Waals surface area contributed by atoms with E-state index in [2.05, 4.69) is 11.8 Å². The molecule has 0 N–H and O–H groups in total. The fraction of sp³-hybridized carbons (Fsp3) is 0.938. The molecule has 1 rings (SSSR count). The molecule has 0 aromatic rings. The van der Waals surface area contributed by atoms with Crippen LogP contribution in [0.2, 0.25) is 0 Å². The van der Waals surface area contributed by atoms with E-state index in [9.17, 15) is 4.79 Å². The third kappa shape index (κ3) is 6.42. The number of piperidine rings is 1. The first kappa shape index (κ1) is 16.5. The van der Waals surface area contributed by atoms with Gasteiger partial charge < -0.3 is 4.74 Å². The van der Waals surface area contributed by atoms with Gasteiger partial charge in [-0.1, -0.05) is 45.4 Å². The van der Waals surface area contributed by atoms with Gasteiger partial charge in [-0.2, -0.15) is 0 Å². The lowest BCUT2D eigenvalue weighted by molar-refractivity contribution is -0.150. The van der Waals surface area contributed by atoms with E-state index in [1.807, 2.05) is 6.92 Å². The van der Waals surface area contributed by atoms with E-state index in [4.69, 9.17) is 4.74 Å². The number of hydrogen-bond acceptors (Lipinski definition) is 3. The van der Waals surface area contributed by atoms with Gasteiger partial charge in [-0.25, -0.2) is 0 Å². The van der Waals surface area contributed by atoms with Gasteiger partial charge in [-0.05, 0) is 39.3 Å². The van der Waals surface area contributed by atoms with Gasteiger partial charge in [-0.3, -0.25) is 9.69 Å². The summed E-state index contributed by atoms with van der Waals surface area (Å²) in [5, 5.41) is 0. The number of esters is 1. The first-order valence-electron chi connectivity index (χ1n) is 8.20. The number of likely N-dealkylation sites (tertiary alicyclic amines) is 1. The van der Waals surface area contributed by atoms with E-state index in [0.717, 1.165) is 25.9 Å². The number of carbonyl (C=O) groups is 1. The second-order valence-electron chi connectivity index (χ2n) is 5.57. The van der Waals surface area contributed by atoms with Gasteiger partial charge in [0, 0.05) is 0 Å². The number of rotatable bonds is 9. The molecule has 1 fully saturated rings. The Morgan fingerprint density at radius 2 is 1.84 bits per heavy atom. The van der Waals surface area contributed by atoms with Gasteiger partial charge in [0.05, 0.1) is 6.61 Å². The minimum atomic E-state index is -0.00631. The van der Waals surface area contributed by atoms with Crippen LogP contribution in [0.25, 0.3) is 0 Å². The van der Waals surface area contributed by atoms with Crippen molar-refractivity contribution < 1.29 is 9.53 Å². The Balaban J connectivity index is 2.22. The molecule has 3 nitrogen and oxygen atoms in total. The van der Waals surface area contributed by atoms with Crippen LogP contribution in [0, 0.1) is 0 Å². The third-order valence-corrected chi connectivity index (χ3v) is 3.97. The lowest BCUT2D eigenvalue weighted by Gasteiger charge is -2.33. The molecule has 0 aromatic carbocycles. The minimum absolute atomic E-state index is 0.00631. The highest BCUT2D eigenvalue weighted by Crippen LogP contribution is 2.19. The molecule has 0 aliphatic carbocycles. The number of nitrogens with zero attached hydrogens (tertiary/aromatic N) is 1. The summed E-state index contributed by atoms with van der Waals surface area (Å²) in [6.45, 7) is 6.77. The van der Waals surface area contributed by atoms with Gasteiger partial charge >= 0.3 is 5.97 Å². The van der Waals surface area contributed by atoms with Crippen LogP contribution in [0.15, 0.2) is 0 Å². The number of unbranched alkanes of at least 4 members (excludes halogenated alkanes) is 5. The molecule has 19 heavy (non-hydrogen) atoms. The minimum Gasteiger partial charge on any atom is -0.465 e. The second-order valence-corrected chi connectivity index (χ2v) is 5.57. The van der Waals surface area contributed by atoms with E-state index >= 15 is 0 Å². The van der Waals surface area contributed by atoms with E-state index in [-0.39, 0.29) is 12.0 Å². The molecule has 0 radical (unpaired) electrons. The molecule has 1 heterocycles. The fourth-order valence-electron chi connectivity index (χ4n) is 2.86. The van der Waals surface area contributed by atoms with Gasteiger partial charge in [-0.15, -0.1) is 0 Å². The maximum absolute atomic E-state index is 11.9. The van der Waals surface area contributed by atoms with Crippen LogP contribution in [-0.4, -0.2) is 36.6 Å². The normalized spacial score (nSPS) is 20.4. The van der Waals surface area contributed by atoms with Crippen molar-refractivity contribution in [2.24, 2.45) is 0 Å². The van der Waals surface area contributed by atoms with Crippen molar-refractivity contribution >= 4 is 5.97 Å². The summed E-state index contributed by atoms with van der Waals surface area (Å²) in [7, 11) is 0. The Bertz CT molecular complexity index is 243. The van der Waals surface area contributed by atoms with Crippen LogP contribution in [0.1, 0.15) is 71.6 Å². The molecule has 0 spiro atoms. The van der Waals surface area contributed by atoms with E-state index in [0.29, 0.717) is 6.61 Å². The first-order valence-corrected chi connectivity index (χ1v) is 8.20. The average Bonchev–Trinajstić information content (AvgIpc) is 2.43. The van der Waals surface area contributed by atoms with Gasteiger partial charge in [0.1, 0.15) is 6.04 Å². The zero-order valence-corrected chi connectivity index (χ0v) is 12.8. The molecule has 0 bridgehead atoms. The van der Waals surface area contributed by atoms with Crippen LogP contribution in [0.3, 0.4) is 0 Å². The molecule has 0 aromatic heterocycles. The van der Waals surface area contributed by atoms with Crippen molar-refractivity contribution in [2.45, 2.75) is 77.7 Å². The smallest absolute Gasteiger partial charge is 0.323 e. The summed E-state index contributed by atoms with van der Waals surface area (Å²) >= 11 is 0. The molecule has 3 heteroatoms. The van der Waals surface area contributed by atoms with Crippen molar-refractivity contribution in [1.29, 1.82) is 0 Å². The maximum atomic E-state index is 11.9. The van der Waals surface area contributed by atoms with Crippen LogP contribution in [0.4, 0.5) is 0 Å². The first-order chi connectivity index (χ1) is 9.29. The van der Waals surface area contributed by atoms with Crippen molar-refractivity contribution in [3.8, 4) is 0 Å². The van der Waals surface area contributed by atoms with Crippen LogP contribution in [-0.2, 0) is 9.53 Å². The summed E-state index contributed by atoms with van der Waals surface area (Å²) in [5.74, 6) is -0.00631. The van der Waals surface area contributed by atoms with Crippen molar-refractivity contribution in [3.05, 3.63) is 0 Å². The Morgan fingerprint density at radius 1 is 1.11 bits per heavy atom. The molecule has 1 aliphatic heterocycles. The summed E-state index contributed by atoms with van der Waals surface area (Å²) in [4.78, 5) is 14.3. The zero-order valence-electron chi connectivity index (χ0n) is 12.8. The number of ether oxygens (including phenoxy) is 1. The quantitative estimate of drug-likeness (QED) is 0.471. The monoisotopic (exact) mass is 269 g/mol. The number of carbonyl (C=O) groups excluding carboxylic acids is 1. The molecule has 0 saturated carbocycles. The highest BCUT2D eigenvalue weighted by molar-refractivity contribution is 5.75. The van der Waals surface area contributed by atoms with Gasteiger partial charge in [0.25, 0.3) is 0 Å². The Kier molecular flexibility index (Phi) is 8.89. The predicted octanol–water partition coefficient (Wildman–Crippen LogP) is 3.76. The fourth-order valence-corrected chi connectivity index (χ4v) is 2.86. The molecule has 112 valence electrons. The summed E-state index contributed by atoms with van der Waals surface area (Å²) < 4.78 is 5.19. The second kappa shape index (κ2) is 10.2. The standard InChI is InChI=1S/C16H31NO2/c1-3-5-6-7-8-10-13-17-14-11-9-12-15(17)16(18)19-4-2/h15H,3-14H2,1-2H3. The Labute approximate surface area is 118 Å². The van der Waals surface area contributed by atoms with Crippen LogP contribution >= 0.6 is 0 Å². The van der Waals surface area contributed by atoms with Gasteiger partial charge in [0.15, 0.2) is 0 Å². The summed E-state index contributed by atoms with van der Waals surface area (Å²) in [6, 6.07) is 0.0318. The van der Waals surface area contributed by atoms with Crippen molar-refractivity contribution in [2.75, 3.05) is 19.7 Å². The van der Waals surface area contributed by atoms with Crippen molar-refractivity contribution in [3.63, 3.8) is 0 Å². The topological polar surface area (TPSA) is 29.5 Å². The van der Waals surface area contributed by atoms with E-state index < -0.39 is 0 Å². The predicted molar refractivity (Wildman–Crippen MR) is 79.2 cm³/mol. The molecular formula is C16H31NO2. The van der Waals surface area contributed by atoms with Crippen LogP contribution < -0.4 is 0 Å². The Morgan fingerprint density at radius 3 is 2.58 bits per heavy atom. The highest BCUT2D eigenvalue weighted by Gasteiger charge is 2.29. The number of hydrogen-bond donors (Lipinski definition) is 0. The SMILES string of the molecule is CCCCCCCCN1CCCCC1C(=O)OCC. The molecule has 0 amide bonds. The average molecular weight is 269 g/mol.